The highest BCUT2D eigenvalue weighted by molar-refractivity contribution is 7.89. The van der Waals surface area contributed by atoms with E-state index < -0.39 is 28.0 Å². The van der Waals surface area contributed by atoms with Crippen molar-refractivity contribution in [3.63, 3.8) is 0 Å². The second-order valence-corrected chi connectivity index (χ2v) is 10.1. The molecule has 8 nitrogen and oxygen atoms in total. The lowest BCUT2D eigenvalue weighted by molar-refractivity contribution is -0.274. The van der Waals surface area contributed by atoms with Crippen LogP contribution in [0.25, 0.3) is 0 Å². The standard InChI is InChI=1S/C20H17F3N4O4S2/c21-20(22,23)31-12-5-7-13(8-6-12)33(29,30)27-10-9-16-17(11-27)32-19(26-16)18(28)25-15-4-2-1-3-14(15)24/h1-8H,9-11,24H2,(H,25,28). The number of nitrogens with one attached hydrogen (secondary N) is 1. The Labute approximate surface area is 190 Å². The number of hydrogen-bond donors (Lipinski definition) is 2. The molecule has 0 unspecified atom stereocenters. The number of anilines is 2. The molecule has 3 aromatic rings. The highest BCUT2D eigenvalue weighted by Crippen LogP contribution is 2.31. The molecule has 0 spiro atoms. The molecular weight excluding hydrogens is 481 g/mol. The summed E-state index contributed by atoms with van der Waals surface area (Å²) in [6.45, 7) is 0.115. The van der Waals surface area contributed by atoms with E-state index in [9.17, 15) is 26.4 Å². The lowest BCUT2D eigenvalue weighted by Crippen LogP contribution is -2.35. The first-order valence-electron chi connectivity index (χ1n) is 9.53. The number of hydrogen-bond acceptors (Lipinski definition) is 7. The van der Waals surface area contributed by atoms with E-state index in [1.807, 2.05) is 0 Å². The van der Waals surface area contributed by atoms with E-state index >= 15 is 0 Å². The number of fused-ring (bicyclic) bond motifs is 1. The summed E-state index contributed by atoms with van der Waals surface area (Å²) in [5.41, 5.74) is 7.31. The van der Waals surface area contributed by atoms with Crippen molar-refractivity contribution in [2.75, 3.05) is 17.6 Å². The van der Waals surface area contributed by atoms with Crippen molar-refractivity contribution in [2.45, 2.75) is 24.2 Å². The fraction of sp³-hybridized carbons (Fsp3) is 0.200. The van der Waals surface area contributed by atoms with Crippen molar-refractivity contribution in [3.05, 3.63) is 64.1 Å². The fourth-order valence-electron chi connectivity index (χ4n) is 3.22. The highest BCUT2D eigenvalue weighted by Gasteiger charge is 2.33. The fourth-order valence-corrected chi connectivity index (χ4v) is 5.73. The first-order valence-corrected chi connectivity index (χ1v) is 11.8. The van der Waals surface area contributed by atoms with Crippen LogP contribution in [0.5, 0.6) is 5.75 Å². The van der Waals surface area contributed by atoms with Crippen LogP contribution in [0.4, 0.5) is 24.5 Å². The molecule has 174 valence electrons. The number of carbonyl (C=O) groups is 1. The molecule has 1 amide bonds. The number of carbonyl (C=O) groups excluding carboxylic acids is 1. The topological polar surface area (TPSA) is 115 Å². The molecule has 0 saturated carbocycles. The van der Waals surface area contributed by atoms with Gasteiger partial charge in [-0.25, -0.2) is 13.4 Å². The molecule has 0 saturated heterocycles. The zero-order valence-electron chi connectivity index (χ0n) is 16.8. The molecule has 0 fully saturated rings. The van der Waals surface area contributed by atoms with E-state index in [4.69, 9.17) is 5.73 Å². The van der Waals surface area contributed by atoms with Crippen LogP contribution >= 0.6 is 11.3 Å². The van der Waals surface area contributed by atoms with E-state index in [-0.39, 0.29) is 23.0 Å². The minimum Gasteiger partial charge on any atom is -0.406 e. The first kappa shape index (κ1) is 23.0. The third-order valence-electron chi connectivity index (χ3n) is 4.79. The molecule has 3 N–H and O–H groups in total. The van der Waals surface area contributed by atoms with E-state index in [0.717, 1.165) is 35.6 Å². The van der Waals surface area contributed by atoms with Gasteiger partial charge in [0.1, 0.15) is 5.75 Å². The molecule has 33 heavy (non-hydrogen) atoms. The molecule has 13 heteroatoms. The minimum atomic E-state index is -4.87. The van der Waals surface area contributed by atoms with Gasteiger partial charge in [0, 0.05) is 17.8 Å². The van der Waals surface area contributed by atoms with Crippen LogP contribution in [0, 0.1) is 0 Å². The number of aromatic nitrogens is 1. The second-order valence-electron chi connectivity index (χ2n) is 7.04. The van der Waals surface area contributed by atoms with Crippen LogP contribution in [-0.2, 0) is 23.0 Å². The number of nitrogens with zero attached hydrogens (tertiary/aromatic N) is 2. The number of nitrogen functional groups attached to an aromatic ring is 1. The van der Waals surface area contributed by atoms with Crippen molar-refractivity contribution >= 4 is 38.6 Å². The van der Waals surface area contributed by atoms with E-state index in [1.54, 1.807) is 24.3 Å². The Morgan fingerprint density at radius 2 is 1.85 bits per heavy atom. The number of ether oxygens (including phenoxy) is 1. The van der Waals surface area contributed by atoms with Crippen LogP contribution in [0.1, 0.15) is 20.4 Å². The number of rotatable bonds is 5. The van der Waals surface area contributed by atoms with Gasteiger partial charge in [0.15, 0.2) is 5.01 Å². The normalized spacial score (nSPS) is 14.5. The average Bonchev–Trinajstić information content (AvgIpc) is 3.18. The SMILES string of the molecule is Nc1ccccc1NC(=O)c1nc2c(s1)CN(S(=O)(=O)c1ccc(OC(F)(F)F)cc1)CC2. The molecule has 0 bridgehead atoms. The Kier molecular flexibility index (Phi) is 6.03. The van der Waals surface area contributed by atoms with E-state index in [0.29, 0.717) is 28.4 Å². The molecule has 2 aromatic carbocycles. The Balaban J connectivity index is 1.49. The lowest BCUT2D eigenvalue weighted by atomic mass is 10.2. The van der Waals surface area contributed by atoms with Gasteiger partial charge in [-0.1, -0.05) is 12.1 Å². The van der Waals surface area contributed by atoms with Crippen molar-refractivity contribution in [3.8, 4) is 5.75 Å². The largest absolute Gasteiger partial charge is 0.573 e. The maximum Gasteiger partial charge on any atom is 0.573 e. The molecule has 2 heterocycles. The number of sulfonamides is 1. The number of amides is 1. The first-order chi connectivity index (χ1) is 15.5. The summed E-state index contributed by atoms with van der Waals surface area (Å²) in [7, 11) is -3.97. The van der Waals surface area contributed by atoms with Gasteiger partial charge in [-0.15, -0.1) is 24.5 Å². The van der Waals surface area contributed by atoms with Crippen LogP contribution in [0.15, 0.2) is 53.4 Å². The van der Waals surface area contributed by atoms with Crippen molar-refractivity contribution < 1.29 is 31.1 Å². The summed E-state index contributed by atoms with van der Waals surface area (Å²) >= 11 is 1.08. The van der Waals surface area contributed by atoms with Gasteiger partial charge in [-0.2, -0.15) is 4.31 Å². The number of benzene rings is 2. The summed E-state index contributed by atoms with van der Waals surface area (Å²) in [5, 5.41) is 2.86. The molecule has 0 radical (unpaired) electrons. The van der Waals surface area contributed by atoms with E-state index in [1.165, 1.54) is 4.31 Å². The van der Waals surface area contributed by atoms with Gasteiger partial charge in [0.2, 0.25) is 10.0 Å². The Morgan fingerprint density at radius 1 is 1.15 bits per heavy atom. The van der Waals surface area contributed by atoms with Crippen LogP contribution in [0.3, 0.4) is 0 Å². The third kappa shape index (κ3) is 5.10. The highest BCUT2D eigenvalue weighted by atomic mass is 32.2. The number of alkyl halides is 3. The Hall–Kier alpha value is -3.16. The Morgan fingerprint density at radius 3 is 2.52 bits per heavy atom. The molecule has 4 rings (SSSR count). The maximum absolute atomic E-state index is 13.0. The van der Waals surface area contributed by atoms with Crippen molar-refractivity contribution in [2.24, 2.45) is 0 Å². The zero-order chi connectivity index (χ0) is 23.8. The van der Waals surface area contributed by atoms with E-state index in [2.05, 4.69) is 15.0 Å². The smallest absolute Gasteiger partial charge is 0.406 e. The zero-order valence-corrected chi connectivity index (χ0v) is 18.4. The molecule has 1 aromatic heterocycles. The number of halogens is 3. The van der Waals surface area contributed by atoms with Crippen molar-refractivity contribution in [1.82, 2.24) is 9.29 Å². The monoisotopic (exact) mass is 498 g/mol. The summed E-state index contributed by atoms with van der Waals surface area (Å²) in [4.78, 5) is 17.4. The molecule has 0 aliphatic carbocycles. The van der Waals surface area contributed by atoms with Gasteiger partial charge in [-0.3, -0.25) is 4.79 Å². The summed E-state index contributed by atoms with van der Waals surface area (Å²) < 4.78 is 67.9. The molecule has 0 atom stereocenters. The predicted octanol–water partition coefficient (Wildman–Crippen LogP) is 3.62. The molecular formula is C20H17F3N4O4S2. The average molecular weight is 499 g/mol. The second kappa shape index (κ2) is 8.65. The minimum absolute atomic E-state index is 0.00308. The number of thiazole rings is 1. The van der Waals surface area contributed by atoms with Gasteiger partial charge in [0.05, 0.1) is 28.5 Å². The molecule has 1 aliphatic heterocycles. The quantitative estimate of drug-likeness (QED) is 0.520. The van der Waals surface area contributed by atoms with Crippen LogP contribution < -0.4 is 15.8 Å². The lowest BCUT2D eigenvalue weighted by Gasteiger charge is -2.25. The van der Waals surface area contributed by atoms with Gasteiger partial charge >= 0.3 is 6.36 Å². The van der Waals surface area contributed by atoms with Gasteiger partial charge in [-0.05, 0) is 36.4 Å². The molecule has 1 aliphatic rings. The van der Waals surface area contributed by atoms with Crippen LogP contribution in [0.2, 0.25) is 0 Å². The predicted molar refractivity (Wildman–Crippen MR) is 115 cm³/mol. The third-order valence-corrected chi connectivity index (χ3v) is 7.74. The van der Waals surface area contributed by atoms with Crippen molar-refractivity contribution in [1.29, 1.82) is 0 Å². The maximum atomic E-state index is 13.0. The van der Waals surface area contributed by atoms with Crippen LogP contribution in [-0.4, -0.2) is 36.5 Å². The van der Waals surface area contributed by atoms with Gasteiger partial charge < -0.3 is 15.8 Å². The summed E-state index contributed by atoms with van der Waals surface area (Å²) in [6, 6.07) is 10.8. The summed E-state index contributed by atoms with van der Waals surface area (Å²) in [6.07, 6.45) is -4.58. The Bertz CT molecular complexity index is 1290. The number of para-hydroxylation sites is 2. The number of nitrogens with two attached hydrogens (primary N) is 1. The summed E-state index contributed by atoms with van der Waals surface area (Å²) in [5.74, 6) is -0.971. The van der Waals surface area contributed by atoms with Gasteiger partial charge in [0.25, 0.3) is 5.91 Å².